The average Bonchev–Trinajstić information content (AvgIpc) is 3.29. The number of hydrogen-bond acceptors (Lipinski definition) is 6. The molecule has 2 aromatic rings. The van der Waals surface area contributed by atoms with Gasteiger partial charge >= 0.3 is 6.03 Å². The second-order valence-electron chi connectivity index (χ2n) is 8.68. The van der Waals surface area contributed by atoms with Crippen molar-refractivity contribution in [2.45, 2.75) is 51.9 Å². The Morgan fingerprint density at radius 2 is 2.18 bits per heavy atom. The first kappa shape index (κ1) is 21.7. The van der Waals surface area contributed by atoms with Crippen molar-refractivity contribution in [1.29, 1.82) is 0 Å². The van der Waals surface area contributed by atoms with Crippen molar-refractivity contribution >= 4 is 29.2 Å². The molecule has 2 amide bonds. The topological polar surface area (TPSA) is 111 Å². The van der Waals surface area contributed by atoms with E-state index in [-0.39, 0.29) is 30.5 Å². The summed E-state index contributed by atoms with van der Waals surface area (Å²) in [5.41, 5.74) is 9.24. The van der Waals surface area contributed by atoms with Gasteiger partial charge in [0, 0.05) is 22.2 Å². The Bertz CT molecular complexity index is 1160. The number of halogens is 2. The van der Waals surface area contributed by atoms with E-state index < -0.39 is 5.82 Å². The number of hydrogen-bond donors (Lipinski definition) is 2. The lowest BCUT2D eigenvalue weighted by Crippen LogP contribution is -2.37. The molecule has 33 heavy (non-hydrogen) atoms. The molecular formula is C22H25ClFN7O2. The summed E-state index contributed by atoms with van der Waals surface area (Å²) in [5.74, 6) is 0.367. The van der Waals surface area contributed by atoms with Gasteiger partial charge in [-0.25, -0.2) is 19.2 Å². The van der Waals surface area contributed by atoms with Crippen LogP contribution in [0.25, 0.3) is 5.57 Å². The molecule has 2 aliphatic carbocycles. The van der Waals surface area contributed by atoms with Gasteiger partial charge in [0.1, 0.15) is 12.4 Å². The predicted molar refractivity (Wildman–Crippen MR) is 120 cm³/mol. The minimum absolute atomic E-state index is 0.0207. The number of carbonyl (C=O) groups excluding carboxylic acids is 1. The number of nitrogens with zero attached hydrogens (tertiary/aromatic N) is 5. The van der Waals surface area contributed by atoms with Crippen molar-refractivity contribution in [3.8, 4) is 0 Å². The van der Waals surface area contributed by atoms with Gasteiger partial charge in [-0.2, -0.15) is 5.10 Å². The van der Waals surface area contributed by atoms with Crippen molar-refractivity contribution in [3.05, 3.63) is 52.0 Å². The number of amides is 2. The SMILES string of the molecule is CC1CC(Cl)=CC(OCCn2cc(F)cn2)=C1c1nc(N)nc2c1CN(C(=O)NC1CC1)C2. The second-order valence-corrected chi connectivity index (χ2v) is 9.17. The zero-order valence-electron chi connectivity index (χ0n) is 18.2. The molecule has 1 atom stereocenters. The zero-order valence-corrected chi connectivity index (χ0v) is 19.0. The number of fused-ring (bicyclic) bond motifs is 1. The molecule has 0 saturated heterocycles. The molecule has 0 radical (unpaired) electrons. The molecule has 0 spiro atoms. The van der Waals surface area contributed by atoms with Gasteiger partial charge in [0.15, 0.2) is 5.82 Å². The first-order valence-corrected chi connectivity index (χ1v) is 11.4. The van der Waals surface area contributed by atoms with Crippen LogP contribution in [0.15, 0.2) is 29.3 Å². The van der Waals surface area contributed by atoms with E-state index in [4.69, 9.17) is 22.1 Å². The Hall–Kier alpha value is -3.14. The number of carbonyl (C=O) groups is 1. The second kappa shape index (κ2) is 8.66. The minimum Gasteiger partial charge on any atom is -0.491 e. The number of ether oxygens (including phenoxy) is 1. The van der Waals surface area contributed by atoms with Gasteiger partial charge in [0.2, 0.25) is 5.95 Å². The van der Waals surface area contributed by atoms with Crippen LogP contribution >= 0.6 is 11.6 Å². The molecule has 3 N–H and O–H groups in total. The molecule has 0 aromatic carbocycles. The van der Waals surface area contributed by atoms with Gasteiger partial charge in [0.25, 0.3) is 0 Å². The molecule has 9 nitrogen and oxygen atoms in total. The van der Waals surface area contributed by atoms with Crippen molar-refractivity contribution in [2.24, 2.45) is 5.92 Å². The largest absolute Gasteiger partial charge is 0.491 e. The molecular weight excluding hydrogens is 449 g/mol. The quantitative estimate of drug-likeness (QED) is 0.666. The molecule has 0 bridgehead atoms. The molecule has 1 fully saturated rings. The Morgan fingerprint density at radius 3 is 2.91 bits per heavy atom. The standard InChI is InChI=1S/C22H25ClFN7O2/c1-12-6-13(23)7-18(33-5-4-31-9-14(24)8-26-31)19(12)20-16-10-30(22(32)27-15-2-3-15)11-17(16)28-21(25)29-20/h7-9,12,15H,2-6,10-11H2,1H3,(H,27,32)(H2,25,28,29). The van der Waals surface area contributed by atoms with Crippen LogP contribution in [0.2, 0.25) is 0 Å². The summed E-state index contributed by atoms with van der Waals surface area (Å²) in [6.45, 7) is 3.48. The first-order valence-electron chi connectivity index (χ1n) is 11.0. The van der Waals surface area contributed by atoms with Crippen LogP contribution in [0.5, 0.6) is 0 Å². The number of nitrogen functional groups attached to an aromatic ring is 1. The van der Waals surface area contributed by atoms with E-state index in [2.05, 4.69) is 20.4 Å². The summed E-state index contributed by atoms with van der Waals surface area (Å²) in [6, 6.07) is 0.171. The van der Waals surface area contributed by atoms with E-state index in [1.54, 1.807) is 11.0 Å². The highest BCUT2D eigenvalue weighted by atomic mass is 35.5. The van der Waals surface area contributed by atoms with Gasteiger partial charge in [0.05, 0.1) is 43.4 Å². The number of aromatic nitrogens is 4. The van der Waals surface area contributed by atoms with Gasteiger partial charge in [-0.15, -0.1) is 0 Å². The van der Waals surface area contributed by atoms with E-state index in [0.29, 0.717) is 42.5 Å². The fourth-order valence-electron chi connectivity index (χ4n) is 4.23. The summed E-state index contributed by atoms with van der Waals surface area (Å²) < 4.78 is 20.8. The highest BCUT2D eigenvalue weighted by Crippen LogP contribution is 2.40. The van der Waals surface area contributed by atoms with Gasteiger partial charge in [-0.1, -0.05) is 18.5 Å². The monoisotopic (exact) mass is 473 g/mol. The van der Waals surface area contributed by atoms with Gasteiger partial charge in [-0.3, -0.25) is 4.68 Å². The van der Waals surface area contributed by atoms with Crippen LogP contribution in [0, 0.1) is 11.7 Å². The number of urea groups is 1. The Morgan fingerprint density at radius 1 is 1.36 bits per heavy atom. The lowest BCUT2D eigenvalue weighted by Gasteiger charge is -2.25. The Labute approximate surface area is 195 Å². The molecule has 2 aromatic heterocycles. The third-order valence-corrected chi connectivity index (χ3v) is 6.24. The maximum atomic E-state index is 13.2. The van der Waals surface area contributed by atoms with Crippen molar-refractivity contribution in [3.63, 3.8) is 0 Å². The summed E-state index contributed by atoms with van der Waals surface area (Å²) in [6.07, 6.45) is 6.94. The summed E-state index contributed by atoms with van der Waals surface area (Å²) in [4.78, 5) is 23.3. The van der Waals surface area contributed by atoms with E-state index in [1.165, 1.54) is 10.9 Å². The third kappa shape index (κ3) is 4.66. The number of anilines is 1. The predicted octanol–water partition coefficient (Wildman–Crippen LogP) is 3.17. The molecule has 1 unspecified atom stereocenters. The maximum absolute atomic E-state index is 13.2. The van der Waals surface area contributed by atoms with Crippen molar-refractivity contribution in [2.75, 3.05) is 12.3 Å². The normalized spacial score (nSPS) is 20.0. The number of nitrogens with one attached hydrogen (secondary N) is 1. The number of nitrogens with two attached hydrogens (primary N) is 1. The van der Waals surface area contributed by atoms with Crippen molar-refractivity contribution in [1.82, 2.24) is 30.0 Å². The molecule has 1 aliphatic heterocycles. The fraction of sp³-hybridized carbons (Fsp3) is 0.455. The minimum atomic E-state index is -0.397. The molecule has 5 rings (SSSR count). The van der Waals surface area contributed by atoms with Crippen LogP contribution in [0.4, 0.5) is 15.1 Å². The third-order valence-electron chi connectivity index (χ3n) is 5.97. The van der Waals surface area contributed by atoms with Crippen LogP contribution in [-0.2, 0) is 24.4 Å². The average molecular weight is 474 g/mol. The number of rotatable bonds is 6. The molecule has 3 heterocycles. The van der Waals surface area contributed by atoms with E-state index in [1.807, 2.05) is 6.92 Å². The molecule has 1 saturated carbocycles. The fourth-order valence-corrected chi connectivity index (χ4v) is 4.56. The summed E-state index contributed by atoms with van der Waals surface area (Å²) >= 11 is 6.39. The molecule has 11 heteroatoms. The summed E-state index contributed by atoms with van der Waals surface area (Å²) in [5, 5.41) is 7.64. The van der Waals surface area contributed by atoms with Crippen molar-refractivity contribution < 1.29 is 13.9 Å². The van der Waals surface area contributed by atoms with E-state index >= 15 is 0 Å². The van der Waals surface area contributed by atoms with E-state index in [0.717, 1.165) is 35.9 Å². The molecule has 3 aliphatic rings. The zero-order chi connectivity index (χ0) is 23.1. The highest BCUT2D eigenvalue weighted by molar-refractivity contribution is 6.30. The highest BCUT2D eigenvalue weighted by Gasteiger charge is 2.34. The molecule has 174 valence electrons. The van der Waals surface area contributed by atoms with Gasteiger partial charge in [-0.05, 0) is 31.3 Å². The Kier molecular flexibility index (Phi) is 5.69. The van der Waals surface area contributed by atoms with Crippen LogP contribution in [0.3, 0.4) is 0 Å². The number of allylic oxidation sites excluding steroid dienone is 3. The first-order chi connectivity index (χ1) is 15.9. The summed E-state index contributed by atoms with van der Waals surface area (Å²) in [7, 11) is 0. The van der Waals surface area contributed by atoms with Crippen LogP contribution < -0.4 is 11.1 Å². The lowest BCUT2D eigenvalue weighted by atomic mass is 9.87. The Balaban J connectivity index is 1.44. The maximum Gasteiger partial charge on any atom is 0.318 e. The lowest BCUT2D eigenvalue weighted by molar-refractivity contribution is 0.197. The van der Waals surface area contributed by atoms with Crippen LogP contribution in [-0.4, -0.2) is 43.3 Å². The smallest absolute Gasteiger partial charge is 0.318 e. The van der Waals surface area contributed by atoms with E-state index in [9.17, 15) is 9.18 Å². The van der Waals surface area contributed by atoms with Gasteiger partial charge < -0.3 is 20.7 Å². The van der Waals surface area contributed by atoms with Crippen LogP contribution in [0.1, 0.15) is 43.1 Å².